The van der Waals surface area contributed by atoms with Crippen LogP contribution in [0.15, 0.2) is 12.2 Å². The van der Waals surface area contributed by atoms with Crippen molar-refractivity contribution in [3.05, 3.63) is 12.2 Å². The molecule has 108 valence electrons. The van der Waals surface area contributed by atoms with Crippen molar-refractivity contribution in [3.8, 4) is 0 Å². The zero-order chi connectivity index (χ0) is 15.2. The highest BCUT2D eigenvalue weighted by atomic mass is 16.5. The monoisotopic (exact) mass is 274 g/mol. The van der Waals surface area contributed by atoms with Gasteiger partial charge in [0.15, 0.2) is 0 Å². The molecular formula is C12H18O7. The summed E-state index contributed by atoms with van der Waals surface area (Å²) in [5.41, 5.74) is -1.74. The molecule has 0 rings (SSSR count). The molecule has 0 saturated heterocycles. The van der Waals surface area contributed by atoms with Crippen molar-refractivity contribution >= 4 is 17.9 Å². The number of carboxylic acids is 2. The van der Waals surface area contributed by atoms with Crippen LogP contribution in [0.4, 0.5) is 0 Å². The van der Waals surface area contributed by atoms with Gasteiger partial charge >= 0.3 is 17.9 Å². The first-order chi connectivity index (χ1) is 8.63. The van der Waals surface area contributed by atoms with Gasteiger partial charge in [-0.1, -0.05) is 6.58 Å². The van der Waals surface area contributed by atoms with E-state index in [9.17, 15) is 19.5 Å². The lowest BCUT2D eigenvalue weighted by Crippen LogP contribution is -2.44. The fourth-order valence-corrected chi connectivity index (χ4v) is 1.53. The Kier molecular flexibility index (Phi) is 6.20. The molecule has 0 fully saturated rings. The number of rotatable bonds is 8. The molecule has 0 aromatic carbocycles. The zero-order valence-corrected chi connectivity index (χ0v) is 10.9. The van der Waals surface area contributed by atoms with Gasteiger partial charge in [-0.15, -0.1) is 0 Å². The van der Waals surface area contributed by atoms with Crippen LogP contribution in [0.25, 0.3) is 0 Å². The summed E-state index contributed by atoms with van der Waals surface area (Å²) in [5.74, 6) is -3.49. The molecule has 0 heterocycles. The SMILES string of the molecule is C=C(C)C(=O)OCCC(CC(=O)O)(C(=O)O)C(C)O. The molecule has 2 atom stereocenters. The van der Waals surface area contributed by atoms with E-state index in [4.69, 9.17) is 14.9 Å². The Hall–Kier alpha value is -1.89. The van der Waals surface area contributed by atoms with E-state index in [0.29, 0.717) is 0 Å². The van der Waals surface area contributed by atoms with Gasteiger partial charge in [0.05, 0.1) is 19.1 Å². The van der Waals surface area contributed by atoms with Crippen molar-refractivity contribution in [2.24, 2.45) is 5.41 Å². The van der Waals surface area contributed by atoms with E-state index in [2.05, 4.69) is 6.58 Å². The number of esters is 1. The molecule has 2 unspecified atom stereocenters. The Morgan fingerprint density at radius 1 is 1.32 bits per heavy atom. The van der Waals surface area contributed by atoms with E-state index >= 15 is 0 Å². The van der Waals surface area contributed by atoms with Gasteiger partial charge in [-0.2, -0.15) is 0 Å². The molecule has 0 aliphatic heterocycles. The van der Waals surface area contributed by atoms with Crippen LogP contribution in [-0.4, -0.2) is 45.9 Å². The van der Waals surface area contributed by atoms with Gasteiger partial charge in [-0.25, -0.2) is 4.79 Å². The lowest BCUT2D eigenvalue weighted by atomic mass is 9.77. The molecule has 0 aliphatic rings. The molecule has 0 aromatic heterocycles. The highest BCUT2D eigenvalue weighted by molar-refractivity contribution is 5.87. The largest absolute Gasteiger partial charge is 0.481 e. The third-order valence-corrected chi connectivity index (χ3v) is 2.82. The first-order valence-electron chi connectivity index (χ1n) is 5.59. The number of hydrogen-bond acceptors (Lipinski definition) is 5. The van der Waals surface area contributed by atoms with Gasteiger partial charge in [0, 0.05) is 12.0 Å². The van der Waals surface area contributed by atoms with Crippen LogP contribution < -0.4 is 0 Å². The van der Waals surface area contributed by atoms with Crippen LogP contribution in [-0.2, 0) is 19.1 Å². The number of hydrogen-bond donors (Lipinski definition) is 3. The van der Waals surface area contributed by atoms with Crippen LogP contribution >= 0.6 is 0 Å². The van der Waals surface area contributed by atoms with Gasteiger partial charge in [0.1, 0.15) is 5.41 Å². The summed E-state index contributed by atoms with van der Waals surface area (Å²) in [6, 6.07) is 0. The second-order valence-electron chi connectivity index (χ2n) is 4.37. The van der Waals surface area contributed by atoms with E-state index in [-0.39, 0.29) is 18.6 Å². The van der Waals surface area contributed by atoms with Crippen molar-refractivity contribution in [2.45, 2.75) is 32.8 Å². The maximum atomic E-state index is 11.2. The molecule has 0 aliphatic carbocycles. The van der Waals surface area contributed by atoms with Gasteiger partial charge in [-0.3, -0.25) is 9.59 Å². The van der Waals surface area contributed by atoms with E-state index in [1.54, 1.807) is 0 Å². The number of ether oxygens (including phenoxy) is 1. The fourth-order valence-electron chi connectivity index (χ4n) is 1.53. The molecule has 0 saturated carbocycles. The highest BCUT2D eigenvalue weighted by Crippen LogP contribution is 2.31. The minimum Gasteiger partial charge on any atom is -0.481 e. The van der Waals surface area contributed by atoms with Crippen LogP contribution in [0.5, 0.6) is 0 Å². The summed E-state index contributed by atoms with van der Waals surface area (Å²) in [7, 11) is 0. The van der Waals surface area contributed by atoms with Crippen LogP contribution in [0.2, 0.25) is 0 Å². The van der Waals surface area contributed by atoms with Gasteiger partial charge in [0.2, 0.25) is 0 Å². The molecule has 19 heavy (non-hydrogen) atoms. The average molecular weight is 274 g/mol. The summed E-state index contributed by atoms with van der Waals surface area (Å²) in [6.45, 7) is 5.67. The Bertz CT molecular complexity index is 386. The minimum absolute atomic E-state index is 0.149. The summed E-state index contributed by atoms with van der Waals surface area (Å²) in [6.07, 6.45) is -2.46. The second-order valence-corrected chi connectivity index (χ2v) is 4.37. The number of aliphatic hydroxyl groups is 1. The third-order valence-electron chi connectivity index (χ3n) is 2.82. The number of carbonyl (C=O) groups excluding carboxylic acids is 1. The van der Waals surface area contributed by atoms with Crippen molar-refractivity contribution < 1.29 is 34.4 Å². The maximum Gasteiger partial charge on any atom is 0.333 e. The molecule has 7 heteroatoms. The number of carboxylic acid groups (broad SMARTS) is 2. The van der Waals surface area contributed by atoms with E-state index in [1.165, 1.54) is 13.8 Å². The summed E-state index contributed by atoms with van der Waals surface area (Å²) >= 11 is 0. The Morgan fingerprint density at radius 2 is 1.84 bits per heavy atom. The number of aliphatic carboxylic acids is 2. The van der Waals surface area contributed by atoms with Crippen LogP contribution in [0, 0.1) is 5.41 Å². The summed E-state index contributed by atoms with van der Waals surface area (Å²) in [5, 5.41) is 27.4. The smallest absolute Gasteiger partial charge is 0.333 e. The first-order valence-corrected chi connectivity index (χ1v) is 5.59. The minimum atomic E-state index is -1.89. The Balaban J connectivity index is 4.86. The quantitative estimate of drug-likeness (QED) is 0.433. The molecule has 3 N–H and O–H groups in total. The number of aliphatic hydroxyl groups excluding tert-OH is 1. The highest BCUT2D eigenvalue weighted by Gasteiger charge is 2.45. The molecule has 0 bridgehead atoms. The molecule has 0 aromatic rings. The Morgan fingerprint density at radius 3 is 2.16 bits per heavy atom. The predicted octanol–water partition coefficient (Wildman–Crippen LogP) is 0.422. The number of carbonyl (C=O) groups is 3. The lowest BCUT2D eigenvalue weighted by Gasteiger charge is -2.30. The Labute approximate surface area is 110 Å². The van der Waals surface area contributed by atoms with Crippen molar-refractivity contribution in [1.29, 1.82) is 0 Å². The second kappa shape index (κ2) is 6.89. The third kappa shape index (κ3) is 4.70. The molecule has 0 spiro atoms. The van der Waals surface area contributed by atoms with E-state index in [0.717, 1.165) is 0 Å². The van der Waals surface area contributed by atoms with E-state index in [1.807, 2.05) is 0 Å². The maximum absolute atomic E-state index is 11.2. The van der Waals surface area contributed by atoms with Crippen LogP contribution in [0.3, 0.4) is 0 Å². The fraction of sp³-hybridized carbons (Fsp3) is 0.583. The topological polar surface area (TPSA) is 121 Å². The predicted molar refractivity (Wildman–Crippen MR) is 64.4 cm³/mol. The average Bonchev–Trinajstić information content (AvgIpc) is 2.25. The molecular weight excluding hydrogens is 256 g/mol. The standard InChI is InChI=1S/C12H18O7/c1-7(2)10(16)19-5-4-12(8(3)13,11(17)18)6-9(14)15/h8,13H,1,4-6H2,2-3H3,(H,14,15)(H,17,18). The lowest BCUT2D eigenvalue weighted by molar-refractivity contribution is -0.166. The van der Waals surface area contributed by atoms with Gasteiger partial charge < -0.3 is 20.1 Å². The zero-order valence-electron chi connectivity index (χ0n) is 10.9. The first kappa shape index (κ1) is 17.1. The molecule has 7 nitrogen and oxygen atoms in total. The van der Waals surface area contributed by atoms with Crippen LogP contribution in [0.1, 0.15) is 26.7 Å². The van der Waals surface area contributed by atoms with Gasteiger partial charge in [-0.05, 0) is 13.8 Å². The summed E-state index contributed by atoms with van der Waals surface area (Å²) < 4.78 is 4.74. The molecule has 0 amide bonds. The van der Waals surface area contributed by atoms with Crippen molar-refractivity contribution in [2.75, 3.05) is 6.61 Å². The van der Waals surface area contributed by atoms with Crippen molar-refractivity contribution in [1.82, 2.24) is 0 Å². The van der Waals surface area contributed by atoms with Crippen molar-refractivity contribution in [3.63, 3.8) is 0 Å². The molecule has 0 radical (unpaired) electrons. The van der Waals surface area contributed by atoms with Gasteiger partial charge in [0.25, 0.3) is 0 Å². The van der Waals surface area contributed by atoms with E-state index < -0.39 is 35.8 Å². The normalized spacial score (nSPS) is 15.1. The summed E-state index contributed by atoms with van der Waals surface area (Å²) in [4.78, 5) is 33.1.